The minimum atomic E-state index is -0.441. The third-order valence-corrected chi connectivity index (χ3v) is 6.42. The molecule has 10 heteroatoms. The monoisotopic (exact) mass is 550 g/mol. The molecule has 196 valence electrons. The van der Waals surface area contributed by atoms with Crippen LogP contribution in [0.2, 0.25) is 5.02 Å². The maximum atomic E-state index is 13.4. The minimum absolute atomic E-state index is 0.0110. The first-order valence-corrected chi connectivity index (χ1v) is 12.5. The highest BCUT2D eigenvalue weighted by atomic mass is 35.5. The largest absolute Gasteiger partial charge is 0.489 e. The highest BCUT2D eigenvalue weighted by Gasteiger charge is 2.16. The van der Waals surface area contributed by atoms with Crippen LogP contribution in [0.3, 0.4) is 0 Å². The molecule has 0 unspecified atom stereocenters. The van der Waals surface area contributed by atoms with Gasteiger partial charge in [-0.3, -0.25) is 14.9 Å². The number of halogens is 1. The summed E-state index contributed by atoms with van der Waals surface area (Å²) in [6.45, 7) is 0.180. The summed E-state index contributed by atoms with van der Waals surface area (Å²) in [5.74, 6) is 1.21. The van der Waals surface area contributed by atoms with E-state index in [0.717, 1.165) is 5.39 Å². The van der Waals surface area contributed by atoms with Gasteiger partial charge in [0.1, 0.15) is 17.9 Å². The van der Waals surface area contributed by atoms with Gasteiger partial charge in [-0.15, -0.1) is 0 Å². The van der Waals surface area contributed by atoms with Crippen molar-refractivity contribution in [2.75, 3.05) is 0 Å². The number of furan rings is 1. The second-order valence-corrected chi connectivity index (χ2v) is 9.33. The van der Waals surface area contributed by atoms with Crippen LogP contribution >= 0.6 is 11.6 Å². The molecule has 0 fully saturated rings. The Morgan fingerprint density at radius 3 is 2.65 bits per heavy atom. The molecule has 0 aliphatic carbocycles. The summed E-state index contributed by atoms with van der Waals surface area (Å²) >= 11 is 6.14. The van der Waals surface area contributed by atoms with Crippen LogP contribution in [0.15, 0.2) is 111 Å². The molecule has 40 heavy (non-hydrogen) atoms. The number of non-ortho nitro benzene ring substituents is 1. The van der Waals surface area contributed by atoms with Gasteiger partial charge in [0, 0.05) is 22.5 Å². The van der Waals surface area contributed by atoms with E-state index in [4.69, 9.17) is 20.8 Å². The molecule has 6 aromatic rings. The second kappa shape index (κ2) is 10.5. The molecule has 4 aromatic carbocycles. The summed E-state index contributed by atoms with van der Waals surface area (Å²) in [7, 11) is 0. The number of fused-ring (bicyclic) bond motifs is 2. The Morgan fingerprint density at radius 1 is 1.00 bits per heavy atom. The SMILES string of the molecule is O=c1c2ccccc2nc(-c2cc3cc(Cl)ccc3o2)n1N=Cc1ccc(OCc2cccc([N+](=O)[O-])c2)cc1. The molecule has 0 radical (unpaired) electrons. The highest BCUT2D eigenvalue weighted by molar-refractivity contribution is 6.31. The van der Waals surface area contributed by atoms with Crippen LogP contribution < -0.4 is 10.3 Å². The number of rotatable bonds is 7. The molecule has 0 atom stereocenters. The normalized spacial score (nSPS) is 11.4. The van der Waals surface area contributed by atoms with Crippen molar-refractivity contribution in [3.05, 3.63) is 134 Å². The number of nitro groups is 1. The van der Waals surface area contributed by atoms with Gasteiger partial charge < -0.3 is 9.15 Å². The van der Waals surface area contributed by atoms with Crippen LogP contribution in [-0.4, -0.2) is 20.8 Å². The lowest BCUT2D eigenvalue weighted by atomic mass is 10.2. The number of hydrogen-bond donors (Lipinski definition) is 0. The van der Waals surface area contributed by atoms with Gasteiger partial charge in [-0.1, -0.05) is 35.9 Å². The van der Waals surface area contributed by atoms with Gasteiger partial charge in [-0.05, 0) is 71.8 Å². The van der Waals surface area contributed by atoms with E-state index in [9.17, 15) is 14.9 Å². The van der Waals surface area contributed by atoms with Gasteiger partial charge in [0.25, 0.3) is 11.2 Å². The van der Waals surface area contributed by atoms with Gasteiger partial charge in [-0.2, -0.15) is 9.78 Å². The molecule has 2 heterocycles. The van der Waals surface area contributed by atoms with Crippen LogP contribution in [0.25, 0.3) is 33.5 Å². The number of nitrogens with zero attached hydrogens (tertiary/aromatic N) is 4. The molecule has 0 saturated heterocycles. The molecular formula is C30H19ClN4O5. The molecule has 2 aromatic heterocycles. The Labute approximate surface area is 231 Å². The van der Waals surface area contributed by atoms with Crippen molar-refractivity contribution in [1.29, 1.82) is 0 Å². The first kappa shape index (κ1) is 25.0. The maximum Gasteiger partial charge on any atom is 0.282 e. The van der Waals surface area contributed by atoms with Gasteiger partial charge in [0.15, 0.2) is 5.76 Å². The second-order valence-electron chi connectivity index (χ2n) is 8.89. The van der Waals surface area contributed by atoms with Crippen molar-refractivity contribution in [2.45, 2.75) is 6.61 Å². The van der Waals surface area contributed by atoms with E-state index in [2.05, 4.69) is 10.1 Å². The molecule has 0 aliphatic rings. The lowest BCUT2D eigenvalue weighted by Gasteiger charge is -2.08. The average molecular weight is 551 g/mol. The highest BCUT2D eigenvalue weighted by Crippen LogP contribution is 2.29. The lowest BCUT2D eigenvalue weighted by Crippen LogP contribution is -2.20. The zero-order valence-corrected chi connectivity index (χ0v) is 21.5. The first-order chi connectivity index (χ1) is 19.4. The molecule has 0 N–H and O–H groups in total. The predicted octanol–water partition coefficient (Wildman–Crippen LogP) is 6.83. The zero-order valence-electron chi connectivity index (χ0n) is 20.7. The van der Waals surface area contributed by atoms with Crippen LogP contribution in [0.5, 0.6) is 5.75 Å². The Bertz CT molecular complexity index is 1980. The summed E-state index contributed by atoms with van der Waals surface area (Å²) in [6, 6.07) is 27.5. The summed E-state index contributed by atoms with van der Waals surface area (Å²) in [5.41, 5.74) is 2.20. The number of aromatic nitrogens is 2. The van der Waals surface area contributed by atoms with Crippen LogP contribution in [0, 0.1) is 10.1 Å². The predicted molar refractivity (Wildman–Crippen MR) is 153 cm³/mol. The number of ether oxygens (including phenoxy) is 1. The smallest absolute Gasteiger partial charge is 0.282 e. The van der Waals surface area contributed by atoms with Crippen LogP contribution in [-0.2, 0) is 6.61 Å². The number of hydrogen-bond acceptors (Lipinski definition) is 7. The van der Waals surface area contributed by atoms with E-state index in [1.54, 1.807) is 85.1 Å². The number of benzene rings is 4. The maximum absolute atomic E-state index is 13.4. The molecule has 0 spiro atoms. The number of para-hydroxylation sites is 1. The van der Waals surface area contributed by atoms with E-state index in [0.29, 0.717) is 44.1 Å². The number of nitro benzene ring substituents is 1. The van der Waals surface area contributed by atoms with E-state index in [-0.39, 0.29) is 23.7 Å². The molecular weight excluding hydrogens is 532 g/mol. The van der Waals surface area contributed by atoms with Crippen molar-refractivity contribution in [2.24, 2.45) is 5.10 Å². The topological polar surface area (TPSA) is 113 Å². The summed E-state index contributed by atoms with van der Waals surface area (Å²) in [6.07, 6.45) is 1.55. The van der Waals surface area contributed by atoms with E-state index < -0.39 is 4.92 Å². The fraction of sp³-hybridized carbons (Fsp3) is 0.0333. The van der Waals surface area contributed by atoms with Gasteiger partial charge in [0.05, 0.1) is 22.0 Å². The molecule has 0 saturated carbocycles. The van der Waals surface area contributed by atoms with Crippen LogP contribution in [0.1, 0.15) is 11.1 Å². The molecule has 9 nitrogen and oxygen atoms in total. The third kappa shape index (κ3) is 5.05. The Kier molecular flexibility index (Phi) is 6.55. The average Bonchev–Trinajstić information content (AvgIpc) is 3.39. The quantitative estimate of drug-likeness (QED) is 0.122. The van der Waals surface area contributed by atoms with Gasteiger partial charge in [0.2, 0.25) is 5.82 Å². The zero-order chi connectivity index (χ0) is 27.6. The molecule has 0 bridgehead atoms. The first-order valence-electron chi connectivity index (χ1n) is 12.2. The van der Waals surface area contributed by atoms with E-state index >= 15 is 0 Å². The fourth-order valence-corrected chi connectivity index (χ4v) is 4.40. The summed E-state index contributed by atoms with van der Waals surface area (Å²) in [4.78, 5) is 28.7. The molecule has 0 amide bonds. The minimum Gasteiger partial charge on any atom is -0.489 e. The molecule has 0 aliphatic heterocycles. The Balaban J connectivity index is 1.30. The van der Waals surface area contributed by atoms with E-state index in [1.165, 1.54) is 16.8 Å². The summed E-state index contributed by atoms with van der Waals surface area (Å²) in [5, 5.41) is 17.2. The molecule has 6 rings (SSSR count). The Hall–Kier alpha value is -5.28. The van der Waals surface area contributed by atoms with Crippen molar-refractivity contribution >= 4 is 45.4 Å². The van der Waals surface area contributed by atoms with Crippen molar-refractivity contribution < 1.29 is 14.1 Å². The Morgan fingerprint density at radius 2 is 1.82 bits per heavy atom. The van der Waals surface area contributed by atoms with Crippen molar-refractivity contribution in [3.8, 4) is 17.3 Å². The lowest BCUT2D eigenvalue weighted by molar-refractivity contribution is -0.384. The van der Waals surface area contributed by atoms with Gasteiger partial charge >= 0.3 is 0 Å². The van der Waals surface area contributed by atoms with Gasteiger partial charge in [-0.25, -0.2) is 4.98 Å². The third-order valence-electron chi connectivity index (χ3n) is 6.18. The summed E-state index contributed by atoms with van der Waals surface area (Å²) < 4.78 is 13.0. The van der Waals surface area contributed by atoms with Crippen molar-refractivity contribution in [3.63, 3.8) is 0 Å². The standard InChI is InChI=1S/C30H19ClN4O5/c31-22-10-13-27-21(15-22)16-28(40-27)29-33-26-7-2-1-6-25(26)30(36)34(29)32-17-19-8-11-24(12-9-19)39-18-20-4-3-5-23(14-20)35(37)38/h1-17H,18H2. The fourth-order valence-electron chi connectivity index (χ4n) is 4.22. The van der Waals surface area contributed by atoms with Crippen LogP contribution in [0.4, 0.5) is 5.69 Å². The van der Waals surface area contributed by atoms with Crippen molar-refractivity contribution in [1.82, 2.24) is 9.66 Å². The van der Waals surface area contributed by atoms with E-state index in [1.807, 2.05) is 6.07 Å².